The third kappa shape index (κ3) is 8.56. The number of para-hydroxylation sites is 1. The molecule has 0 atom stereocenters. The molecule has 2 rings (SSSR count). The zero-order valence-electron chi connectivity index (χ0n) is 15.4. The molecule has 0 heterocycles. The summed E-state index contributed by atoms with van der Waals surface area (Å²) in [5.74, 6) is -1.99. The van der Waals surface area contributed by atoms with Crippen molar-refractivity contribution >= 4 is 45.3 Å². The van der Waals surface area contributed by atoms with Crippen LogP contribution in [0.5, 0.6) is 0 Å². The van der Waals surface area contributed by atoms with Crippen LogP contribution in [0.25, 0.3) is 0 Å². The topological polar surface area (TPSA) is 114 Å². The molecule has 2 aromatic rings. The fourth-order valence-corrected chi connectivity index (χ4v) is 2.46. The van der Waals surface area contributed by atoms with E-state index in [1.165, 1.54) is 0 Å². The molecule has 0 saturated carbocycles. The lowest BCUT2D eigenvalue weighted by atomic mass is 10.2. The number of nitrogens with one attached hydrogen (secondary N) is 3. The van der Waals surface area contributed by atoms with Crippen molar-refractivity contribution in [3.63, 3.8) is 0 Å². The van der Waals surface area contributed by atoms with Crippen molar-refractivity contribution in [3.8, 4) is 0 Å². The van der Waals surface area contributed by atoms with Gasteiger partial charge in [-0.2, -0.15) is 0 Å². The Hall–Kier alpha value is -3.20. The van der Waals surface area contributed by atoms with Gasteiger partial charge in [-0.05, 0) is 42.8 Å². The highest BCUT2D eigenvalue weighted by atomic mass is 79.9. The lowest BCUT2D eigenvalue weighted by molar-refractivity contribution is -0.148. The molecule has 9 heteroatoms. The SMILES string of the molecule is O=C(COC(=O)CCCC(=O)Nc1ccccc1)NNC(=O)c1ccc(Br)cc1. The molecule has 0 aliphatic rings. The van der Waals surface area contributed by atoms with E-state index >= 15 is 0 Å². The molecule has 3 amide bonds. The first-order chi connectivity index (χ1) is 13.9. The van der Waals surface area contributed by atoms with E-state index in [-0.39, 0.29) is 18.7 Å². The van der Waals surface area contributed by atoms with E-state index in [1.807, 2.05) is 6.07 Å². The highest BCUT2D eigenvalue weighted by Crippen LogP contribution is 2.10. The fraction of sp³-hybridized carbons (Fsp3) is 0.200. The van der Waals surface area contributed by atoms with Crippen LogP contribution in [-0.2, 0) is 19.1 Å². The molecule has 0 bridgehead atoms. The molecule has 3 N–H and O–H groups in total. The van der Waals surface area contributed by atoms with Gasteiger partial charge >= 0.3 is 5.97 Å². The second-order valence-corrected chi connectivity index (χ2v) is 6.85. The van der Waals surface area contributed by atoms with Crippen molar-refractivity contribution < 1.29 is 23.9 Å². The summed E-state index contributed by atoms with van der Waals surface area (Å²) < 4.78 is 5.64. The minimum atomic E-state index is -0.675. The molecule has 0 fully saturated rings. The highest BCUT2D eigenvalue weighted by molar-refractivity contribution is 9.10. The smallest absolute Gasteiger partial charge is 0.306 e. The Morgan fingerprint density at radius 3 is 2.21 bits per heavy atom. The summed E-state index contributed by atoms with van der Waals surface area (Å²) in [4.78, 5) is 46.9. The summed E-state index contributed by atoms with van der Waals surface area (Å²) in [6.45, 7) is -0.532. The summed E-state index contributed by atoms with van der Waals surface area (Å²) in [5, 5.41) is 2.71. The van der Waals surface area contributed by atoms with Crippen LogP contribution in [0.15, 0.2) is 59.1 Å². The Morgan fingerprint density at radius 2 is 1.52 bits per heavy atom. The number of esters is 1. The van der Waals surface area contributed by atoms with E-state index < -0.39 is 24.4 Å². The molecular weight excluding hydrogens is 442 g/mol. The van der Waals surface area contributed by atoms with Crippen LogP contribution in [0, 0.1) is 0 Å². The number of hydrogen-bond acceptors (Lipinski definition) is 5. The Labute approximate surface area is 176 Å². The third-order valence-electron chi connectivity index (χ3n) is 3.63. The normalized spacial score (nSPS) is 9.97. The van der Waals surface area contributed by atoms with Crippen LogP contribution in [-0.4, -0.2) is 30.3 Å². The predicted molar refractivity (Wildman–Crippen MR) is 110 cm³/mol. The largest absolute Gasteiger partial charge is 0.455 e. The first kappa shape index (κ1) is 22.1. The lowest BCUT2D eigenvalue weighted by Crippen LogP contribution is -2.43. The van der Waals surface area contributed by atoms with Gasteiger partial charge in [0.05, 0.1) is 0 Å². The zero-order chi connectivity index (χ0) is 21.1. The maximum atomic E-state index is 11.8. The number of hydrogen-bond donors (Lipinski definition) is 3. The molecule has 8 nitrogen and oxygen atoms in total. The van der Waals surface area contributed by atoms with Crippen LogP contribution in [0.3, 0.4) is 0 Å². The molecular formula is C20H20BrN3O5. The lowest BCUT2D eigenvalue weighted by Gasteiger charge is -2.08. The van der Waals surface area contributed by atoms with Gasteiger partial charge in [-0.25, -0.2) is 0 Å². The van der Waals surface area contributed by atoms with E-state index in [2.05, 4.69) is 32.1 Å². The molecule has 0 spiro atoms. The molecule has 0 radical (unpaired) electrons. The second kappa shape index (κ2) is 11.6. The minimum Gasteiger partial charge on any atom is -0.455 e. The van der Waals surface area contributed by atoms with Gasteiger partial charge in [-0.3, -0.25) is 30.0 Å². The van der Waals surface area contributed by atoms with Gasteiger partial charge in [0.1, 0.15) is 0 Å². The number of anilines is 1. The Morgan fingerprint density at radius 1 is 0.828 bits per heavy atom. The number of ether oxygens (including phenoxy) is 1. The molecule has 152 valence electrons. The van der Waals surface area contributed by atoms with Crippen LogP contribution in [0.1, 0.15) is 29.6 Å². The number of hydrazine groups is 1. The van der Waals surface area contributed by atoms with Crippen molar-refractivity contribution in [1.82, 2.24) is 10.9 Å². The van der Waals surface area contributed by atoms with Gasteiger partial charge < -0.3 is 10.1 Å². The first-order valence-corrected chi connectivity index (χ1v) is 9.58. The van der Waals surface area contributed by atoms with Crippen molar-refractivity contribution in [2.75, 3.05) is 11.9 Å². The van der Waals surface area contributed by atoms with Crippen molar-refractivity contribution in [2.45, 2.75) is 19.3 Å². The molecule has 0 aliphatic carbocycles. The average Bonchev–Trinajstić information content (AvgIpc) is 2.71. The number of carbonyl (C=O) groups is 4. The summed E-state index contributed by atoms with van der Waals surface area (Å²) >= 11 is 3.26. The van der Waals surface area contributed by atoms with Crippen LogP contribution >= 0.6 is 15.9 Å². The van der Waals surface area contributed by atoms with Crippen LogP contribution < -0.4 is 16.2 Å². The molecule has 0 aliphatic heterocycles. The Kier molecular flexibility index (Phi) is 8.84. The zero-order valence-corrected chi connectivity index (χ0v) is 17.0. The van der Waals surface area contributed by atoms with E-state index in [4.69, 9.17) is 4.74 Å². The Bertz CT molecular complexity index is 856. The number of halogens is 1. The monoisotopic (exact) mass is 461 g/mol. The highest BCUT2D eigenvalue weighted by Gasteiger charge is 2.11. The van der Waals surface area contributed by atoms with E-state index in [0.29, 0.717) is 17.7 Å². The number of benzene rings is 2. The predicted octanol–water partition coefficient (Wildman–Crippen LogP) is 2.56. The van der Waals surface area contributed by atoms with Gasteiger partial charge in [0, 0.05) is 28.6 Å². The van der Waals surface area contributed by atoms with Crippen molar-refractivity contribution in [2.24, 2.45) is 0 Å². The van der Waals surface area contributed by atoms with Gasteiger partial charge in [-0.15, -0.1) is 0 Å². The fourth-order valence-electron chi connectivity index (χ4n) is 2.19. The molecule has 0 aromatic heterocycles. The number of amides is 3. The van der Waals surface area contributed by atoms with Crippen LogP contribution in [0.4, 0.5) is 5.69 Å². The quantitative estimate of drug-likeness (QED) is 0.412. The number of rotatable bonds is 8. The third-order valence-corrected chi connectivity index (χ3v) is 4.16. The minimum absolute atomic E-state index is 0.000736. The maximum absolute atomic E-state index is 11.8. The summed E-state index contributed by atoms with van der Waals surface area (Å²) in [6, 6.07) is 15.5. The average molecular weight is 462 g/mol. The van der Waals surface area contributed by atoms with Gasteiger partial charge in [0.25, 0.3) is 11.8 Å². The summed E-state index contributed by atoms with van der Waals surface area (Å²) in [5.41, 5.74) is 5.43. The Balaban J connectivity index is 1.58. The molecule has 29 heavy (non-hydrogen) atoms. The van der Waals surface area contributed by atoms with Crippen molar-refractivity contribution in [3.05, 3.63) is 64.6 Å². The van der Waals surface area contributed by atoms with Crippen molar-refractivity contribution in [1.29, 1.82) is 0 Å². The molecule has 0 saturated heterocycles. The van der Waals surface area contributed by atoms with Gasteiger partial charge in [0.15, 0.2) is 6.61 Å². The standard InChI is InChI=1S/C20H20BrN3O5/c21-15-11-9-14(10-12-15)20(28)24-23-18(26)13-29-19(27)8-4-7-17(25)22-16-5-2-1-3-6-16/h1-3,5-6,9-12H,4,7-8,13H2,(H,22,25)(H,23,26)(H,24,28). The number of carbonyl (C=O) groups excluding carboxylic acids is 4. The second-order valence-electron chi connectivity index (χ2n) is 5.94. The van der Waals surface area contributed by atoms with E-state index in [0.717, 1.165) is 4.47 Å². The molecule has 0 unspecified atom stereocenters. The van der Waals surface area contributed by atoms with Gasteiger partial charge in [0.2, 0.25) is 5.91 Å². The molecule has 2 aromatic carbocycles. The summed E-state index contributed by atoms with van der Waals surface area (Å²) in [7, 11) is 0. The summed E-state index contributed by atoms with van der Waals surface area (Å²) in [6.07, 6.45) is 0.444. The first-order valence-electron chi connectivity index (χ1n) is 8.79. The van der Waals surface area contributed by atoms with E-state index in [9.17, 15) is 19.2 Å². The van der Waals surface area contributed by atoms with Gasteiger partial charge in [-0.1, -0.05) is 34.1 Å². The van der Waals surface area contributed by atoms with Crippen LogP contribution in [0.2, 0.25) is 0 Å². The van der Waals surface area contributed by atoms with E-state index in [1.54, 1.807) is 48.5 Å². The maximum Gasteiger partial charge on any atom is 0.306 e.